The van der Waals surface area contributed by atoms with Crippen LogP contribution in [0.25, 0.3) is 6.08 Å². The van der Waals surface area contributed by atoms with Crippen LogP contribution in [0.3, 0.4) is 0 Å². The standard InChI is InChI=1S/C15H18O7/c1-8-15(14(20)12(18)7-21-8)22-13(19)5-3-9-2-4-10(16)11(17)6-9/h2-6,8,12,14-18,20H,7H2,1H3/t8-,12+,14+,15-/m1/s1. The summed E-state index contributed by atoms with van der Waals surface area (Å²) in [6.45, 7) is 1.62. The zero-order valence-electron chi connectivity index (χ0n) is 11.9. The Labute approximate surface area is 127 Å². The molecule has 4 atom stereocenters. The number of aliphatic hydroxyl groups excluding tert-OH is 2. The predicted octanol–water partition coefficient (Wildman–Crippen LogP) is 0.163. The minimum Gasteiger partial charge on any atom is -0.504 e. The summed E-state index contributed by atoms with van der Waals surface area (Å²) in [7, 11) is 0. The maximum atomic E-state index is 11.8. The number of rotatable bonds is 3. The molecule has 120 valence electrons. The second kappa shape index (κ2) is 6.78. The van der Waals surface area contributed by atoms with Crippen molar-refractivity contribution in [2.45, 2.75) is 31.3 Å². The van der Waals surface area contributed by atoms with Crippen molar-refractivity contribution in [1.82, 2.24) is 0 Å². The lowest BCUT2D eigenvalue weighted by atomic mass is 10.0. The van der Waals surface area contributed by atoms with Gasteiger partial charge in [0.25, 0.3) is 0 Å². The van der Waals surface area contributed by atoms with E-state index in [1.54, 1.807) is 6.92 Å². The van der Waals surface area contributed by atoms with Gasteiger partial charge >= 0.3 is 5.97 Å². The summed E-state index contributed by atoms with van der Waals surface area (Å²) >= 11 is 0. The smallest absolute Gasteiger partial charge is 0.331 e. The number of carbonyl (C=O) groups is 1. The number of aromatic hydroxyl groups is 2. The Morgan fingerprint density at radius 2 is 2.05 bits per heavy atom. The van der Waals surface area contributed by atoms with Crippen molar-refractivity contribution in [3.63, 3.8) is 0 Å². The molecular weight excluding hydrogens is 292 g/mol. The maximum Gasteiger partial charge on any atom is 0.331 e. The number of phenolic OH excluding ortho intramolecular Hbond substituents is 2. The zero-order chi connectivity index (χ0) is 16.3. The Morgan fingerprint density at radius 1 is 1.32 bits per heavy atom. The van der Waals surface area contributed by atoms with Crippen LogP contribution < -0.4 is 0 Å². The van der Waals surface area contributed by atoms with Gasteiger partial charge in [0.1, 0.15) is 12.2 Å². The van der Waals surface area contributed by atoms with Crippen LogP contribution in [0.1, 0.15) is 12.5 Å². The van der Waals surface area contributed by atoms with Gasteiger partial charge in [0.2, 0.25) is 0 Å². The van der Waals surface area contributed by atoms with Crippen LogP contribution in [0, 0.1) is 0 Å². The first-order valence-corrected chi connectivity index (χ1v) is 6.77. The zero-order valence-corrected chi connectivity index (χ0v) is 11.9. The minimum absolute atomic E-state index is 0.0149. The molecule has 0 bridgehead atoms. The highest BCUT2D eigenvalue weighted by atomic mass is 16.6. The summed E-state index contributed by atoms with van der Waals surface area (Å²) in [4.78, 5) is 11.8. The summed E-state index contributed by atoms with van der Waals surface area (Å²) in [5, 5.41) is 37.9. The Balaban J connectivity index is 1.99. The lowest BCUT2D eigenvalue weighted by Gasteiger charge is -2.35. The molecule has 0 spiro atoms. The van der Waals surface area contributed by atoms with E-state index in [9.17, 15) is 25.2 Å². The minimum atomic E-state index is -1.21. The fourth-order valence-corrected chi connectivity index (χ4v) is 2.09. The van der Waals surface area contributed by atoms with Gasteiger partial charge in [0, 0.05) is 6.08 Å². The van der Waals surface area contributed by atoms with Gasteiger partial charge in [-0.05, 0) is 30.7 Å². The topological polar surface area (TPSA) is 116 Å². The number of benzene rings is 1. The van der Waals surface area contributed by atoms with Gasteiger partial charge in [0.15, 0.2) is 17.6 Å². The number of hydrogen-bond acceptors (Lipinski definition) is 7. The van der Waals surface area contributed by atoms with E-state index in [1.165, 1.54) is 24.3 Å². The lowest BCUT2D eigenvalue weighted by Crippen LogP contribution is -2.53. The molecular formula is C15H18O7. The second-order valence-electron chi connectivity index (χ2n) is 5.08. The molecule has 1 fully saturated rings. The molecule has 1 aliphatic rings. The van der Waals surface area contributed by atoms with Crippen LogP contribution in [0.2, 0.25) is 0 Å². The van der Waals surface area contributed by atoms with Crippen LogP contribution in [-0.2, 0) is 14.3 Å². The molecule has 1 heterocycles. The van der Waals surface area contributed by atoms with Crippen molar-refractivity contribution in [2.75, 3.05) is 6.61 Å². The van der Waals surface area contributed by atoms with Crippen molar-refractivity contribution < 1.29 is 34.7 Å². The summed E-state index contributed by atoms with van der Waals surface area (Å²) in [5.41, 5.74) is 0.487. The highest BCUT2D eigenvalue weighted by molar-refractivity contribution is 5.87. The van der Waals surface area contributed by atoms with Gasteiger partial charge in [-0.3, -0.25) is 0 Å². The molecule has 7 nitrogen and oxygen atoms in total. The van der Waals surface area contributed by atoms with Crippen molar-refractivity contribution in [3.8, 4) is 11.5 Å². The van der Waals surface area contributed by atoms with Gasteiger partial charge < -0.3 is 29.9 Å². The van der Waals surface area contributed by atoms with E-state index in [0.29, 0.717) is 5.56 Å². The average Bonchev–Trinajstić information content (AvgIpc) is 2.49. The molecule has 7 heteroatoms. The number of carbonyl (C=O) groups excluding carboxylic acids is 1. The van der Waals surface area contributed by atoms with Crippen molar-refractivity contribution >= 4 is 12.0 Å². The van der Waals surface area contributed by atoms with E-state index >= 15 is 0 Å². The lowest BCUT2D eigenvalue weighted by molar-refractivity contribution is -0.201. The number of aliphatic hydroxyl groups is 2. The van der Waals surface area contributed by atoms with Gasteiger partial charge in [-0.1, -0.05) is 6.07 Å². The highest BCUT2D eigenvalue weighted by Gasteiger charge is 2.38. The normalized spacial score (nSPS) is 28.7. The SMILES string of the molecule is C[C@H]1OC[C@H](O)[C@H](O)[C@@H]1OC(=O)C=Cc1ccc(O)c(O)c1. The molecule has 0 aromatic heterocycles. The van der Waals surface area contributed by atoms with Gasteiger partial charge in [-0.25, -0.2) is 4.79 Å². The van der Waals surface area contributed by atoms with E-state index in [0.717, 1.165) is 6.08 Å². The monoisotopic (exact) mass is 310 g/mol. The van der Waals surface area contributed by atoms with Crippen LogP contribution >= 0.6 is 0 Å². The average molecular weight is 310 g/mol. The molecule has 1 aliphatic heterocycles. The molecule has 0 saturated carbocycles. The van der Waals surface area contributed by atoms with Gasteiger partial charge in [-0.15, -0.1) is 0 Å². The third-order valence-electron chi connectivity index (χ3n) is 3.39. The first kappa shape index (κ1) is 16.3. The second-order valence-corrected chi connectivity index (χ2v) is 5.08. The van der Waals surface area contributed by atoms with Crippen LogP contribution in [-0.4, -0.2) is 57.4 Å². The Morgan fingerprint density at radius 3 is 2.73 bits per heavy atom. The quantitative estimate of drug-likeness (QED) is 0.357. The van der Waals surface area contributed by atoms with Gasteiger partial charge in [-0.2, -0.15) is 0 Å². The highest BCUT2D eigenvalue weighted by Crippen LogP contribution is 2.25. The summed E-state index contributed by atoms with van der Waals surface area (Å²) < 4.78 is 10.3. The van der Waals surface area contributed by atoms with Crippen molar-refractivity contribution in [1.29, 1.82) is 0 Å². The Bertz CT molecular complexity index is 569. The molecule has 0 amide bonds. The first-order chi connectivity index (χ1) is 10.4. The molecule has 1 aromatic rings. The first-order valence-electron chi connectivity index (χ1n) is 6.77. The van der Waals surface area contributed by atoms with E-state index in [-0.39, 0.29) is 18.1 Å². The number of ether oxygens (including phenoxy) is 2. The molecule has 0 unspecified atom stereocenters. The number of phenols is 2. The third-order valence-corrected chi connectivity index (χ3v) is 3.39. The largest absolute Gasteiger partial charge is 0.504 e. The van der Waals surface area contributed by atoms with E-state index in [4.69, 9.17) is 9.47 Å². The molecule has 4 N–H and O–H groups in total. The third kappa shape index (κ3) is 3.76. The molecule has 22 heavy (non-hydrogen) atoms. The fraction of sp³-hybridized carbons (Fsp3) is 0.400. The summed E-state index contributed by atoms with van der Waals surface area (Å²) in [6.07, 6.45) is -1.31. The van der Waals surface area contributed by atoms with Crippen LogP contribution in [0.5, 0.6) is 11.5 Å². The fourth-order valence-electron chi connectivity index (χ4n) is 2.09. The molecule has 1 saturated heterocycles. The van der Waals surface area contributed by atoms with Crippen molar-refractivity contribution in [2.24, 2.45) is 0 Å². The Kier molecular flexibility index (Phi) is 5.02. The summed E-state index contributed by atoms with van der Waals surface area (Å²) in [6, 6.07) is 4.07. The number of esters is 1. The maximum absolute atomic E-state index is 11.8. The summed E-state index contributed by atoms with van der Waals surface area (Å²) in [5.74, 6) is -1.28. The molecule has 0 aliphatic carbocycles. The van der Waals surface area contributed by atoms with Crippen LogP contribution in [0.4, 0.5) is 0 Å². The van der Waals surface area contributed by atoms with Gasteiger partial charge in [0.05, 0.1) is 12.7 Å². The van der Waals surface area contributed by atoms with E-state index in [2.05, 4.69) is 0 Å². The Hall–Kier alpha value is -2.09. The van der Waals surface area contributed by atoms with Crippen molar-refractivity contribution in [3.05, 3.63) is 29.8 Å². The molecule has 2 rings (SSSR count). The van der Waals surface area contributed by atoms with Crippen LogP contribution in [0.15, 0.2) is 24.3 Å². The van der Waals surface area contributed by atoms with E-state index in [1.807, 2.05) is 0 Å². The molecule has 1 aromatic carbocycles. The molecule has 0 radical (unpaired) electrons. The van der Waals surface area contributed by atoms with E-state index < -0.39 is 30.4 Å². The predicted molar refractivity (Wildman–Crippen MR) is 76.1 cm³/mol. The number of hydrogen-bond donors (Lipinski definition) is 4.